The highest BCUT2D eigenvalue weighted by atomic mass is 16.1. The van der Waals surface area contributed by atoms with Gasteiger partial charge in [0.15, 0.2) is 5.78 Å². The van der Waals surface area contributed by atoms with Gasteiger partial charge < -0.3 is 10.7 Å². The van der Waals surface area contributed by atoms with Crippen LogP contribution < -0.4 is 5.32 Å². The number of nitrogens with one attached hydrogen (secondary N) is 2. The summed E-state index contributed by atoms with van der Waals surface area (Å²) < 4.78 is 0. The minimum Gasteiger partial charge on any atom is -0.385 e. The number of carbonyl (C=O) groups is 1. The van der Waals surface area contributed by atoms with Gasteiger partial charge in [-0.05, 0) is 19.4 Å². The number of carbonyl (C=O) groups excluding carboxylic acids is 1. The van der Waals surface area contributed by atoms with Gasteiger partial charge in [0, 0.05) is 19.7 Å². The van der Waals surface area contributed by atoms with Gasteiger partial charge >= 0.3 is 0 Å². The number of likely N-dealkylation sites (N-methyl/N-ethyl adjacent to an activating group) is 1. The molecule has 0 saturated heterocycles. The first-order valence-corrected chi connectivity index (χ1v) is 3.45. The molecule has 0 spiro atoms. The summed E-state index contributed by atoms with van der Waals surface area (Å²) in [4.78, 5) is 10.9. The average molecular weight is 154 g/mol. The van der Waals surface area contributed by atoms with Gasteiger partial charge in [-0.15, -0.1) is 0 Å². The van der Waals surface area contributed by atoms with Crippen LogP contribution in [0.4, 0.5) is 0 Å². The van der Waals surface area contributed by atoms with Crippen LogP contribution in [-0.4, -0.2) is 18.5 Å². The molecule has 0 aliphatic rings. The van der Waals surface area contributed by atoms with Crippen LogP contribution in [-0.2, 0) is 4.79 Å². The molecule has 0 aliphatic carbocycles. The minimum atomic E-state index is -0.0309. The molecule has 0 amide bonds. The maximum absolute atomic E-state index is 10.9. The predicted molar refractivity (Wildman–Crippen MR) is 45.8 cm³/mol. The quantitative estimate of drug-likeness (QED) is 0.472. The standard InChI is InChI=1S/C8H14N2O/c1-5(6(2)9)8(10-4)7(3)11/h9-10H,1-4H3/b8-5-,9-6?. The fraction of sp³-hybridized carbons (Fsp3) is 0.500. The molecule has 0 unspecified atom stereocenters. The molecular formula is C8H14N2O. The van der Waals surface area contributed by atoms with Crippen LogP contribution in [0.3, 0.4) is 0 Å². The van der Waals surface area contributed by atoms with E-state index in [9.17, 15) is 4.79 Å². The van der Waals surface area contributed by atoms with Gasteiger partial charge in [-0.3, -0.25) is 4.79 Å². The first-order chi connectivity index (χ1) is 5.00. The smallest absolute Gasteiger partial charge is 0.175 e. The van der Waals surface area contributed by atoms with Gasteiger partial charge in [0.05, 0.1) is 5.70 Å². The van der Waals surface area contributed by atoms with Crippen LogP contribution in [0.5, 0.6) is 0 Å². The normalized spacial score (nSPS) is 12.0. The third-order valence-corrected chi connectivity index (χ3v) is 1.54. The van der Waals surface area contributed by atoms with Gasteiger partial charge in [0.1, 0.15) is 0 Å². The van der Waals surface area contributed by atoms with E-state index in [4.69, 9.17) is 5.41 Å². The fourth-order valence-corrected chi connectivity index (χ4v) is 0.815. The van der Waals surface area contributed by atoms with Gasteiger partial charge in [0.25, 0.3) is 0 Å². The number of rotatable bonds is 3. The van der Waals surface area contributed by atoms with E-state index in [0.29, 0.717) is 17.0 Å². The van der Waals surface area contributed by atoms with E-state index in [0.717, 1.165) is 0 Å². The summed E-state index contributed by atoms with van der Waals surface area (Å²) in [6, 6.07) is 0. The topological polar surface area (TPSA) is 53.0 Å². The van der Waals surface area contributed by atoms with Crippen molar-refractivity contribution in [3.8, 4) is 0 Å². The average Bonchev–Trinajstić information content (AvgIpc) is 1.88. The Morgan fingerprint density at radius 2 is 1.73 bits per heavy atom. The van der Waals surface area contributed by atoms with Crippen molar-refractivity contribution < 1.29 is 4.79 Å². The largest absolute Gasteiger partial charge is 0.385 e. The summed E-state index contributed by atoms with van der Waals surface area (Å²) in [6.45, 7) is 4.91. The first-order valence-electron chi connectivity index (χ1n) is 3.45. The van der Waals surface area contributed by atoms with Crippen molar-refractivity contribution in [1.29, 1.82) is 5.41 Å². The van der Waals surface area contributed by atoms with E-state index in [1.165, 1.54) is 6.92 Å². The predicted octanol–water partition coefficient (Wildman–Crippen LogP) is 1.11. The van der Waals surface area contributed by atoms with E-state index < -0.39 is 0 Å². The highest BCUT2D eigenvalue weighted by molar-refractivity contribution is 6.04. The molecule has 0 rings (SSSR count). The molecule has 0 atom stereocenters. The fourth-order valence-electron chi connectivity index (χ4n) is 0.815. The third kappa shape index (κ3) is 2.53. The third-order valence-electron chi connectivity index (χ3n) is 1.54. The van der Waals surface area contributed by atoms with E-state index in [2.05, 4.69) is 5.32 Å². The number of hydrogen-bond acceptors (Lipinski definition) is 3. The lowest BCUT2D eigenvalue weighted by atomic mass is 10.1. The lowest BCUT2D eigenvalue weighted by Gasteiger charge is -2.06. The molecule has 62 valence electrons. The molecule has 0 aromatic rings. The summed E-state index contributed by atoms with van der Waals surface area (Å²) in [5.74, 6) is -0.0309. The van der Waals surface area contributed by atoms with Crippen molar-refractivity contribution in [2.24, 2.45) is 0 Å². The van der Waals surface area contributed by atoms with Crippen LogP contribution in [0.2, 0.25) is 0 Å². The molecule has 0 bridgehead atoms. The second-order valence-electron chi connectivity index (χ2n) is 2.43. The number of hydrogen-bond donors (Lipinski definition) is 2. The molecule has 0 saturated carbocycles. The number of ketones is 1. The highest BCUT2D eigenvalue weighted by Gasteiger charge is 2.06. The zero-order valence-corrected chi connectivity index (χ0v) is 7.41. The molecule has 11 heavy (non-hydrogen) atoms. The van der Waals surface area contributed by atoms with Gasteiger partial charge in [0.2, 0.25) is 0 Å². The highest BCUT2D eigenvalue weighted by Crippen LogP contribution is 2.02. The Labute approximate surface area is 67.0 Å². The van der Waals surface area contributed by atoms with Crippen LogP contribution in [0, 0.1) is 5.41 Å². The zero-order valence-electron chi connectivity index (χ0n) is 7.41. The molecule has 0 aliphatic heterocycles. The lowest BCUT2D eigenvalue weighted by Crippen LogP contribution is -2.17. The van der Waals surface area contributed by atoms with E-state index in [1.54, 1.807) is 20.9 Å². The molecule has 0 fully saturated rings. The second kappa shape index (κ2) is 3.91. The monoisotopic (exact) mass is 154 g/mol. The first kappa shape index (κ1) is 9.88. The molecule has 3 heteroatoms. The molecule has 3 nitrogen and oxygen atoms in total. The Balaban J connectivity index is 4.83. The van der Waals surface area contributed by atoms with Crippen molar-refractivity contribution in [2.75, 3.05) is 7.05 Å². The van der Waals surface area contributed by atoms with Crippen molar-refractivity contribution in [3.05, 3.63) is 11.3 Å². The Kier molecular flexibility index (Phi) is 3.51. The van der Waals surface area contributed by atoms with E-state index in [-0.39, 0.29) is 5.78 Å². The summed E-state index contributed by atoms with van der Waals surface area (Å²) in [6.07, 6.45) is 0. The molecule has 0 aromatic heterocycles. The summed E-state index contributed by atoms with van der Waals surface area (Å²) in [7, 11) is 1.68. The van der Waals surface area contributed by atoms with Crippen LogP contribution >= 0.6 is 0 Å². The summed E-state index contributed by atoms with van der Waals surface area (Å²) in [5.41, 5.74) is 1.65. The van der Waals surface area contributed by atoms with Crippen molar-refractivity contribution in [3.63, 3.8) is 0 Å². The lowest BCUT2D eigenvalue weighted by molar-refractivity contribution is -0.113. The van der Waals surface area contributed by atoms with Crippen LogP contribution in [0.15, 0.2) is 11.3 Å². The van der Waals surface area contributed by atoms with Gasteiger partial charge in [-0.2, -0.15) is 0 Å². The molecule has 0 heterocycles. The summed E-state index contributed by atoms with van der Waals surface area (Å²) >= 11 is 0. The van der Waals surface area contributed by atoms with Crippen molar-refractivity contribution in [2.45, 2.75) is 20.8 Å². The minimum absolute atomic E-state index is 0.0309. The molecular weight excluding hydrogens is 140 g/mol. The zero-order chi connectivity index (χ0) is 9.02. The number of allylic oxidation sites excluding steroid dienone is 2. The van der Waals surface area contributed by atoms with Crippen molar-refractivity contribution in [1.82, 2.24) is 5.32 Å². The maximum atomic E-state index is 10.9. The van der Waals surface area contributed by atoms with Gasteiger partial charge in [-0.1, -0.05) is 0 Å². The maximum Gasteiger partial charge on any atom is 0.175 e. The Bertz CT molecular complexity index is 216. The van der Waals surface area contributed by atoms with Crippen LogP contribution in [0.25, 0.3) is 0 Å². The Hall–Kier alpha value is -1.12. The Morgan fingerprint density at radius 1 is 1.27 bits per heavy atom. The van der Waals surface area contributed by atoms with Gasteiger partial charge in [-0.25, -0.2) is 0 Å². The van der Waals surface area contributed by atoms with E-state index in [1.807, 2.05) is 0 Å². The van der Waals surface area contributed by atoms with E-state index >= 15 is 0 Å². The molecule has 0 radical (unpaired) electrons. The Morgan fingerprint density at radius 3 is 1.82 bits per heavy atom. The second-order valence-corrected chi connectivity index (χ2v) is 2.43. The molecule has 0 aromatic carbocycles. The SMILES string of the molecule is CN/C(C(C)=O)=C(/C)C(C)=N. The number of Topliss-reactive ketones (excluding diaryl/α,β-unsaturated/α-hetero) is 1. The molecule has 2 N–H and O–H groups in total. The van der Waals surface area contributed by atoms with Crippen LogP contribution in [0.1, 0.15) is 20.8 Å². The van der Waals surface area contributed by atoms with Crippen molar-refractivity contribution >= 4 is 11.5 Å². The summed E-state index contributed by atoms with van der Waals surface area (Å²) in [5, 5.41) is 10.0.